The maximum atomic E-state index is 5.57. The van der Waals surface area contributed by atoms with E-state index in [-0.39, 0.29) is 0 Å². The molecular formula is C44H23N3S2. The summed E-state index contributed by atoms with van der Waals surface area (Å²) in [6.07, 6.45) is 0. The van der Waals surface area contributed by atoms with E-state index >= 15 is 0 Å². The van der Waals surface area contributed by atoms with Crippen LogP contribution < -0.4 is 0 Å². The molecule has 8 aromatic carbocycles. The van der Waals surface area contributed by atoms with E-state index in [9.17, 15) is 0 Å². The number of nitrogens with zero attached hydrogens (tertiary/aromatic N) is 3. The molecule has 0 saturated heterocycles. The molecule has 5 heteroatoms. The molecule has 0 amide bonds. The van der Waals surface area contributed by atoms with Crippen molar-refractivity contribution < 1.29 is 0 Å². The number of aromatic nitrogens is 3. The monoisotopic (exact) mass is 657 g/mol. The molecule has 0 aliphatic heterocycles. The Morgan fingerprint density at radius 2 is 0.980 bits per heavy atom. The minimum atomic E-state index is 0.705. The summed E-state index contributed by atoms with van der Waals surface area (Å²) in [6, 6.07) is 50.6. The highest BCUT2D eigenvalue weighted by molar-refractivity contribution is 7.27. The van der Waals surface area contributed by atoms with Gasteiger partial charge in [0.05, 0.1) is 31.6 Å². The lowest BCUT2D eigenvalue weighted by Gasteiger charge is -2.14. The number of rotatable bonds is 2. The molecule has 0 aliphatic rings. The number of fused-ring (bicyclic) bond motifs is 11. The quantitative estimate of drug-likeness (QED) is 0.173. The summed E-state index contributed by atoms with van der Waals surface area (Å²) in [6.45, 7) is 0. The van der Waals surface area contributed by atoms with Gasteiger partial charge in [-0.1, -0.05) is 109 Å². The summed E-state index contributed by atoms with van der Waals surface area (Å²) in [5.41, 5.74) is 5.38. The Balaban J connectivity index is 1.38. The van der Waals surface area contributed by atoms with Gasteiger partial charge in [0.25, 0.3) is 0 Å². The predicted molar refractivity (Wildman–Crippen MR) is 211 cm³/mol. The molecule has 0 saturated carbocycles. The molecule has 0 aliphatic carbocycles. The highest BCUT2D eigenvalue weighted by atomic mass is 32.1. The van der Waals surface area contributed by atoms with E-state index in [4.69, 9.17) is 9.97 Å². The standard InChI is InChI=1S/C44H23N3S2/c1-2-11-25(12-3-1)38-31-21-20-24-10-4-5-13-28(24)39(31)46-44(45-38)47-40-36-26(22-32-29-14-6-8-16-34(29)48-42(32)40)18-19-27-23-33-30-15-7-9-17-35(30)49-43(33)41(47)37(27)36/h1-23H. The van der Waals surface area contributed by atoms with Gasteiger partial charge in [0.2, 0.25) is 5.95 Å². The van der Waals surface area contributed by atoms with Gasteiger partial charge in [-0.25, -0.2) is 9.97 Å². The molecule has 12 aromatic rings. The molecule has 4 aromatic heterocycles. The Bertz CT molecular complexity index is 3190. The first-order chi connectivity index (χ1) is 24.3. The summed E-state index contributed by atoms with van der Waals surface area (Å²) < 4.78 is 7.55. The molecule has 49 heavy (non-hydrogen) atoms. The van der Waals surface area contributed by atoms with Gasteiger partial charge in [-0.2, -0.15) is 0 Å². The Hall–Kier alpha value is -5.88. The molecule has 0 fully saturated rings. The van der Waals surface area contributed by atoms with Crippen LogP contribution in [0.15, 0.2) is 140 Å². The van der Waals surface area contributed by atoms with Crippen molar-refractivity contribution in [1.29, 1.82) is 0 Å². The topological polar surface area (TPSA) is 30.7 Å². The number of benzene rings is 8. The molecule has 0 atom stereocenters. The lowest BCUT2D eigenvalue weighted by atomic mass is 9.98. The van der Waals surface area contributed by atoms with E-state index < -0.39 is 0 Å². The van der Waals surface area contributed by atoms with Crippen LogP contribution in [0.2, 0.25) is 0 Å². The Kier molecular flexibility index (Phi) is 5.00. The summed E-state index contributed by atoms with van der Waals surface area (Å²) in [5.74, 6) is 0.705. The second kappa shape index (κ2) is 9.38. The maximum Gasteiger partial charge on any atom is 0.235 e. The third-order valence-electron chi connectivity index (χ3n) is 10.3. The van der Waals surface area contributed by atoms with Gasteiger partial charge in [0.1, 0.15) is 0 Å². The molecule has 226 valence electrons. The molecule has 0 radical (unpaired) electrons. The molecule has 12 rings (SSSR count). The highest BCUT2D eigenvalue weighted by Gasteiger charge is 2.26. The smallest absolute Gasteiger partial charge is 0.235 e. The van der Waals surface area contributed by atoms with Crippen LogP contribution in [-0.4, -0.2) is 14.5 Å². The van der Waals surface area contributed by atoms with Crippen molar-refractivity contribution in [3.05, 3.63) is 140 Å². The predicted octanol–water partition coefficient (Wildman–Crippen LogP) is 12.9. The second-order valence-corrected chi connectivity index (χ2v) is 15.0. The largest absolute Gasteiger partial charge is 0.275 e. The first-order valence-electron chi connectivity index (χ1n) is 16.5. The number of hydrogen-bond acceptors (Lipinski definition) is 4. The Labute approximate surface area is 287 Å². The van der Waals surface area contributed by atoms with Crippen molar-refractivity contribution in [1.82, 2.24) is 14.5 Å². The minimum absolute atomic E-state index is 0.705. The van der Waals surface area contributed by atoms with Crippen molar-refractivity contribution in [3.8, 4) is 17.2 Å². The van der Waals surface area contributed by atoms with Crippen LogP contribution in [0.1, 0.15) is 0 Å². The molecule has 0 N–H and O–H groups in total. The van der Waals surface area contributed by atoms with Crippen LogP contribution in [0.3, 0.4) is 0 Å². The van der Waals surface area contributed by atoms with E-state index in [1.54, 1.807) is 0 Å². The minimum Gasteiger partial charge on any atom is -0.275 e. The maximum absolute atomic E-state index is 5.57. The third kappa shape index (κ3) is 3.40. The van der Waals surface area contributed by atoms with Crippen molar-refractivity contribution in [2.75, 3.05) is 0 Å². The van der Waals surface area contributed by atoms with Crippen LogP contribution >= 0.6 is 22.7 Å². The summed E-state index contributed by atoms with van der Waals surface area (Å²) in [7, 11) is 0. The fraction of sp³-hybridized carbons (Fsp3) is 0. The van der Waals surface area contributed by atoms with E-state index in [0.29, 0.717) is 5.95 Å². The first kappa shape index (κ1) is 26.1. The van der Waals surface area contributed by atoms with Crippen LogP contribution in [0.25, 0.3) is 112 Å². The number of thiophene rings is 2. The highest BCUT2D eigenvalue weighted by Crippen LogP contribution is 2.50. The van der Waals surface area contributed by atoms with Gasteiger partial charge >= 0.3 is 0 Å². The summed E-state index contributed by atoms with van der Waals surface area (Å²) in [5, 5.41) is 13.6. The fourth-order valence-corrected chi connectivity index (χ4v) is 10.6. The molecule has 3 nitrogen and oxygen atoms in total. The van der Waals surface area contributed by atoms with E-state index in [0.717, 1.165) is 27.5 Å². The lowest BCUT2D eigenvalue weighted by Crippen LogP contribution is -2.04. The summed E-state index contributed by atoms with van der Waals surface area (Å²) >= 11 is 3.75. The molecule has 0 bridgehead atoms. The van der Waals surface area contributed by atoms with Crippen LogP contribution in [0, 0.1) is 0 Å². The molecule has 4 heterocycles. The normalized spacial score (nSPS) is 12.5. The zero-order valence-corrected chi connectivity index (χ0v) is 27.6. The SMILES string of the molecule is c1ccc(-c2nc(-n3c4c5sc6ccccc6c5cc5ccc6cc7c8ccccc8sc7c3c6c54)nc3c2ccc2ccccc23)cc1. The van der Waals surface area contributed by atoms with Crippen LogP contribution in [-0.2, 0) is 0 Å². The lowest BCUT2D eigenvalue weighted by molar-refractivity contribution is 1.02. The van der Waals surface area contributed by atoms with Crippen LogP contribution in [0.5, 0.6) is 0 Å². The molecule has 0 spiro atoms. The first-order valence-corrected chi connectivity index (χ1v) is 18.1. The van der Waals surface area contributed by atoms with Gasteiger partial charge < -0.3 is 0 Å². The number of hydrogen-bond donors (Lipinski definition) is 0. The van der Waals surface area contributed by atoms with E-state index in [2.05, 4.69) is 144 Å². The Morgan fingerprint density at radius 3 is 1.63 bits per heavy atom. The zero-order valence-electron chi connectivity index (χ0n) is 25.9. The molecular weight excluding hydrogens is 635 g/mol. The second-order valence-electron chi connectivity index (χ2n) is 12.9. The van der Waals surface area contributed by atoms with Crippen LogP contribution in [0.4, 0.5) is 0 Å². The van der Waals surface area contributed by atoms with Crippen molar-refractivity contribution in [3.63, 3.8) is 0 Å². The Morgan fingerprint density at radius 1 is 0.429 bits per heavy atom. The van der Waals surface area contributed by atoms with Gasteiger partial charge in [-0.3, -0.25) is 4.57 Å². The van der Waals surface area contributed by atoms with Gasteiger partial charge in [0.15, 0.2) is 0 Å². The van der Waals surface area contributed by atoms with Crippen molar-refractivity contribution in [2.24, 2.45) is 0 Å². The van der Waals surface area contributed by atoms with Gasteiger partial charge in [-0.05, 0) is 46.5 Å². The van der Waals surface area contributed by atoms with E-state index in [1.807, 2.05) is 22.7 Å². The zero-order chi connectivity index (χ0) is 31.8. The van der Waals surface area contributed by atoms with Gasteiger partial charge in [-0.15, -0.1) is 22.7 Å². The summed E-state index contributed by atoms with van der Waals surface area (Å²) in [4.78, 5) is 11.1. The van der Waals surface area contributed by atoms with Crippen molar-refractivity contribution in [2.45, 2.75) is 0 Å². The third-order valence-corrected chi connectivity index (χ3v) is 12.7. The molecule has 0 unspecified atom stereocenters. The van der Waals surface area contributed by atoms with E-state index in [1.165, 1.54) is 78.3 Å². The van der Waals surface area contributed by atoms with Gasteiger partial charge in [0, 0.05) is 58.1 Å². The fourth-order valence-electron chi connectivity index (χ4n) is 8.20. The average Bonchev–Trinajstić information content (AvgIpc) is 3.84. The average molecular weight is 658 g/mol. The van der Waals surface area contributed by atoms with Crippen molar-refractivity contribution >= 4 is 117 Å².